The summed E-state index contributed by atoms with van der Waals surface area (Å²) in [7, 11) is 1.60. The van der Waals surface area contributed by atoms with Crippen LogP contribution < -0.4 is 4.90 Å². The molecule has 0 fully saturated rings. The van der Waals surface area contributed by atoms with Gasteiger partial charge in [-0.3, -0.25) is 14.4 Å². The van der Waals surface area contributed by atoms with Crippen molar-refractivity contribution in [2.45, 2.75) is 6.92 Å². The molecule has 17 heavy (non-hydrogen) atoms. The normalized spacial score (nSPS) is 10.2. The maximum Gasteiger partial charge on any atom is 0.250 e. The molecule has 0 heterocycles. The summed E-state index contributed by atoms with van der Waals surface area (Å²) in [6.07, 6.45) is 2.87. The molecule has 1 aromatic rings. The number of anilines is 1. The van der Waals surface area contributed by atoms with E-state index >= 15 is 0 Å². The largest absolute Gasteiger partial charge is 0.312 e. The van der Waals surface area contributed by atoms with Crippen molar-refractivity contribution in [1.82, 2.24) is 0 Å². The van der Waals surface area contributed by atoms with E-state index in [1.54, 1.807) is 31.3 Å². The molecule has 0 unspecified atom stereocenters. The molecule has 0 aromatic heterocycles. The summed E-state index contributed by atoms with van der Waals surface area (Å²) in [5, 5.41) is 0. The van der Waals surface area contributed by atoms with Crippen molar-refractivity contribution in [3.05, 3.63) is 42.0 Å². The molecule has 4 heteroatoms. The van der Waals surface area contributed by atoms with Crippen LogP contribution in [0.2, 0.25) is 0 Å². The Hall–Kier alpha value is -2.23. The standard InChI is InChI=1S/C13H13NO3/c1-10(16)11-5-7-12(8-6-11)14(2)13(17)4-3-9-15/h3-9H,1-2H3/b4-3-. The van der Waals surface area contributed by atoms with Crippen molar-refractivity contribution in [3.63, 3.8) is 0 Å². The first kappa shape index (κ1) is 12.8. The van der Waals surface area contributed by atoms with E-state index in [1.165, 1.54) is 17.9 Å². The lowest BCUT2D eigenvalue weighted by atomic mass is 10.1. The van der Waals surface area contributed by atoms with Gasteiger partial charge in [0.15, 0.2) is 5.78 Å². The molecule has 1 rings (SSSR count). The van der Waals surface area contributed by atoms with Crippen LogP contribution in [0.5, 0.6) is 0 Å². The average Bonchev–Trinajstić information content (AvgIpc) is 2.35. The summed E-state index contributed by atoms with van der Waals surface area (Å²) >= 11 is 0. The first-order valence-electron chi connectivity index (χ1n) is 5.07. The predicted octanol–water partition coefficient (Wildman–Crippen LogP) is 1.61. The van der Waals surface area contributed by atoms with E-state index in [1.807, 2.05) is 0 Å². The lowest BCUT2D eigenvalue weighted by molar-refractivity contribution is -0.114. The summed E-state index contributed by atoms with van der Waals surface area (Å²) in [6, 6.07) is 6.68. The maximum absolute atomic E-state index is 11.5. The first-order valence-corrected chi connectivity index (χ1v) is 5.07. The average molecular weight is 231 g/mol. The number of carbonyl (C=O) groups excluding carboxylic acids is 3. The highest BCUT2D eigenvalue weighted by molar-refractivity contribution is 6.03. The van der Waals surface area contributed by atoms with E-state index in [0.717, 1.165) is 6.08 Å². The SMILES string of the molecule is CC(=O)c1ccc(N(C)C(=O)/C=C\C=O)cc1. The molecule has 88 valence electrons. The number of Topliss-reactive ketones (excluding diaryl/α,β-unsaturated/α-hetero) is 1. The second kappa shape index (κ2) is 5.75. The monoisotopic (exact) mass is 231 g/mol. The Morgan fingerprint density at radius 2 is 1.76 bits per heavy atom. The fourth-order valence-electron chi connectivity index (χ4n) is 1.28. The second-order valence-electron chi connectivity index (χ2n) is 3.50. The Kier molecular flexibility index (Phi) is 4.34. The Morgan fingerprint density at radius 1 is 1.18 bits per heavy atom. The Morgan fingerprint density at radius 3 is 2.24 bits per heavy atom. The molecule has 0 atom stereocenters. The minimum atomic E-state index is -0.298. The Bertz CT molecular complexity index is 460. The van der Waals surface area contributed by atoms with Crippen molar-refractivity contribution in [2.75, 3.05) is 11.9 Å². The van der Waals surface area contributed by atoms with Crippen LogP contribution in [0.25, 0.3) is 0 Å². The zero-order chi connectivity index (χ0) is 12.8. The van der Waals surface area contributed by atoms with E-state index in [-0.39, 0.29) is 11.7 Å². The van der Waals surface area contributed by atoms with Crippen LogP contribution in [0, 0.1) is 0 Å². The number of aldehydes is 1. The zero-order valence-electron chi connectivity index (χ0n) is 9.71. The van der Waals surface area contributed by atoms with Crippen LogP contribution in [0.4, 0.5) is 5.69 Å². The molecule has 0 radical (unpaired) electrons. The van der Waals surface area contributed by atoms with Gasteiger partial charge in [0.05, 0.1) is 0 Å². The summed E-state index contributed by atoms with van der Waals surface area (Å²) in [5.41, 5.74) is 1.26. The van der Waals surface area contributed by atoms with E-state index in [0.29, 0.717) is 17.5 Å². The van der Waals surface area contributed by atoms with Gasteiger partial charge in [-0.2, -0.15) is 0 Å². The molecule has 1 amide bonds. The number of nitrogens with zero attached hydrogens (tertiary/aromatic N) is 1. The van der Waals surface area contributed by atoms with E-state index in [4.69, 9.17) is 0 Å². The van der Waals surface area contributed by atoms with Gasteiger partial charge >= 0.3 is 0 Å². The molecule has 0 N–H and O–H groups in total. The van der Waals surface area contributed by atoms with Crippen LogP contribution in [0.15, 0.2) is 36.4 Å². The van der Waals surface area contributed by atoms with Crippen LogP contribution in [-0.4, -0.2) is 25.0 Å². The topological polar surface area (TPSA) is 54.5 Å². The number of amides is 1. The van der Waals surface area contributed by atoms with E-state index in [2.05, 4.69) is 0 Å². The zero-order valence-corrected chi connectivity index (χ0v) is 9.71. The fourth-order valence-corrected chi connectivity index (χ4v) is 1.28. The van der Waals surface area contributed by atoms with Crippen LogP contribution >= 0.6 is 0 Å². The molecular formula is C13H13NO3. The number of hydrogen-bond acceptors (Lipinski definition) is 3. The quantitative estimate of drug-likeness (QED) is 0.449. The number of likely N-dealkylation sites (N-methyl/N-ethyl adjacent to an activating group) is 1. The molecule has 0 bridgehead atoms. The van der Waals surface area contributed by atoms with Crippen LogP contribution in [-0.2, 0) is 9.59 Å². The van der Waals surface area contributed by atoms with Crippen molar-refractivity contribution < 1.29 is 14.4 Å². The number of carbonyl (C=O) groups is 3. The minimum absolute atomic E-state index is 0.0219. The number of rotatable bonds is 4. The Balaban J connectivity index is 2.86. The number of ketones is 1. The highest BCUT2D eigenvalue weighted by Crippen LogP contribution is 2.14. The van der Waals surface area contributed by atoms with Crippen LogP contribution in [0.3, 0.4) is 0 Å². The van der Waals surface area contributed by atoms with E-state index in [9.17, 15) is 14.4 Å². The van der Waals surface area contributed by atoms with Crippen molar-refractivity contribution in [2.24, 2.45) is 0 Å². The van der Waals surface area contributed by atoms with Gasteiger partial charge in [-0.25, -0.2) is 0 Å². The smallest absolute Gasteiger partial charge is 0.250 e. The highest BCUT2D eigenvalue weighted by Gasteiger charge is 2.07. The number of allylic oxidation sites excluding steroid dienone is 1. The molecule has 0 saturated carbocycles. The molecule has 4 nitrogen and oxygen atoms in total. The highest BCUT2D eigenvalue weighted by atomic mass is 16.2. The Labute approximate surface area is 99.5 Å². The summed E-state index contributed by atoms with van der Waals surface area (Å²) in [4.78, 5) is 34.1. The van der Waals surface area contributed by atoms with Gasteiger partial charge in [0.25, 0.3) is 5.91 Å². The predicted molar refractivity (Wildman–Crippen MR) is 65.1 cm³/mol. The van der Waals surface area contributed by atoms with Gasteiger partial charge < -0.3 is 4.90 Å². The number of hydrogen-bond donors (Lipinski definition) is 0. The summed E-state index contributed by atoms with van der Waals surface area (Å²) in [6.45, 7) is 1.48. The molecule has 0 spiro atoms. The third-order valence-corrected chi connectivity index (χ3v) is 2.31. The molecule has 0 aliphatic heterocycles. The minimum Gasteiger partial charge on any atom is -0.312 e. The second-order valence-corrected chi connectivity index (χ2v) is 3.50. The third kappa shape index (κ3) is 3.38. The molecular weight excluding hydrogens is 218 g/mol. The lowest BCUT2D eigenvalue weighted by Crippen LogP contribution is -2.23. The van der Waals surface area contributed by atoms with Gasteiger partial charge in [0, 0.05) is 24.4 Å². The summed E-state index contributed by atoms with van der Waals surface area (Å²) in [5.74, 6) is -0.320. The molecule has 0 aliphatic carbocycles. The number of benzene rings is 1. The van der Waals surface area contributed by atoms with Gasteiger partial charge in [0.1, 0.15) is 6.29 Å². The molecule has 1 aromatic carbocycles. The van der Waals surface area contributed by atoms with Crippen molar-refractivity contribution in [1.29, 1.82) is 0 Å². The van der Waals surface area contributed by atoms with Gasteiger partial charge in [-0.15, -0.1) is 0 Å². The van der Waals surface area contributed by atoms with Gasteiger partial charge in [0.2, 0.25) is 0 Å². The molecule has 0 saturated heterocycles. The first-order chi connectivity index (χ1) is 8.06. The van der Waals surface area contributed by atoms with Gasteiger partial charge in [-0.05, 0) is 37.3 Å². The van der Waals surface area contributed by atoms with E-state index < -0.39 is 0 Å². The fraction of sp³-hybridized carbons (Fsp3) is 0.154. The van der Waals surface area contributed by atoms with Crippen LogP contribution in [0.1, 0.15) is 17.3 Å². The van der Waals surface area contributed by atoms with Gasteiger partial charge in [-0.1, -0.05) is 0 Å². The van der Waals surface area contributed by atoms with Crippen molar-refractivity contribution in [3.8, 4) is 0 Å². The summed E-state index contributed by atoms with van der Waals surface area (Å²) < 4.78 is 0. The molecule has 0 aliphatic rings. The van der Waals surface area contributed by atoms with Crippen molar-refractivity contribution >= 4 is 23.7 Å². The lowest BCUT2D eigenvalue weighted by Gasteiger charge is -2.15. The maximum atomic E-state index is 11.5. The third-order valence-electron chi connectivity index (χ3n) is 2.31.